The Morgan fingerprint density at radius 3 is 3.00 bits per heavy atom. The number of esters is 1. The monoisotopic (exact) mass is 211 g/mol. The van der Waals surface area contributed by atoms with E-state index in [0.717, 1.165) is 0 Å². The molecular formula is C9H6ClNO3. The molecule has 0 amide bonds. The Kier molecular flexibility index (Phi) is 2.13. The normalized spacial score (nSPS) is 10.4. The third kappa shape index (κ3) is 1.33. The third-order valence-corrected chi connectivity index (χ3v) is 2.03. The Morgan fingerprint density at radius 1 is 1.57 bits per heavy atom. The molecule has 0 aliphatic heterocycles. The van der Waals surface area contributed by atoms with E-state index in [0.29, 0.717) is 16.1 Å². The number of carbonyl (C=O) groups is 1. The fourth-order valence-corrected chi connectivity index (χ4v) is 1.30. The van der Waals surface area contributed by atoms with E-state index in [2.05, 4.69) is 9.72 Å². The van der Waals surface area contributed by atoms with Gasteiger partial charge in [-0.2, -0.15) is 0 Å². The number of hydrogen-bond acceptors (Lipinski definition) is 4. The van der Waals surface area contributed by atoms with Crippen molar-refractivity contribution >= 4 is 28.7 Å². The molecule has 0 atom stereocenters. The van der Waals surface area contributed by atoms with Crippen LogP contribution in [0.4, 0.5) is 0 Å². The second-order valence-electron chi connectivity index (χ2n) is 2.60. The number of rotatable bonds is 1. The topological polar surface area (TPSA) is 52.3 Å². The number of benzene rings is 1. The van der Waals surface area contributed by atoms with E-state index in [9.17, 15) is 4.79 Å². The van der Waals surface area contributed by atoms with Gasteiger partial charge in [-0.15, -0.1) is 0 Å². The van der Waals surface area contributed by atoms with E-state index in [-0.39, 0.29) is 5.89 Å². The van der Waals surface area contributed by atoms with Crippen LogP contribution in [0.1, 0.15) is 10.7 Å². The van der Waals surface area contributed by atoms with Crippen molar-refractivity contribution in [3.05, 3.63) is 29.1 Å². The number of nitrogens with zero attached hydrogens (tertiary/aromatic N) is 1. The van der Waals surface area contributed by atoms with Gasteiger partial charge in [0.1, 0.15) is 5.52 Å². The lowest BCUT2D eigenvalue weighted by Crippen LogP contribution is -2.00. The zero-order chi connectivity index (χ0) is 10.1. The van der Waals surface area contributed by atoms with E-state index < -0.39 is 5.97 Å². The number of oxazole rings is 1. The van der Waals surface area contributed by atoms with Crippen molar-refractivity contribution in [2.24, 2.45) is 0 Å². The summed E-state index contributed by atoms with van der Waals surface area (Å²) in [6, 6.07) is 5.07. The van der Waals surface area contributed by atoms with Gasteiger partial charge in [0.2, 0.25) is 0 Å². The molecule has 0 radical (unpaired) electrons. The van der Waals surface area contributed by atoms with Gasteiger partial charge < -0.3 is 9.15 Å². The summed E-state index contributed by atoms with van der Waals surface area (Å²) >= 11 is 5.84. The van der Waals surface area contributed by atoms with Gasteiger partial charge in [0.25, 0.3) is 0 Å². The summed E-state index contributed by atoms with van der Waals surface area (Å²) in [6.07, 6.45) is 0. The predicted molar refractivity (Wildman–Crippen MR) is 50.4 cm³/mol. The van der Waals surface area contributed by atoms with Crippen LogP contribution >= 0.6 is 11.6 Å². The molecule has 1 aromatic heterocycles. The Hall–Kier alpha value is -1.55. The number of aromatic nitrogens is 1. The zero-order valence-corrected chi connectivity index (χ0v) is 8.04. The lowest BCUT2D eigenvalue weighted by Gasteiger charge is -1.88. The lowest BCUT2D eigenvalue weighted by molar-refractivity contribution is 0.0559. The quantitative estimate of drug-likeness (QED) is 0.679. The highest BCUT2D eigenvalue weighted by atomic mass is 35.5. The van der Waals surface area contributed by atoms with Crippen LogP contribution in [-0.2, 0) is 4.74 Å². The summed E-state index contributed by atoms with van der Waals surface area (Å²) in [7, 11) is 1.26. The summed E-state index contributed by atoms with van der Waals surface area (Å²) in [5.74, 6) is -0.701. The molecule has 5 heteroatoms. The van der Waals surface area contributed by atoms with Crippen LogP contribution in [0, 0.1) is 0 Å². The molecule has 1 aromatic carbocycles. The number of ether oxygens (including phenoxy) is 1. The minimum Gasteiger partial charge on any atom is -0.462 e. The molecule has 0 bridgehead atoms. The zero-order valence-electron chi connectivity index (χ0n) is 7.28. The van der Waals surface area contributed by atoms with Gasteiger partial charge in [-0.05, 0) is 12.1 Å². The SMILES string of the molecule is COC(=O)c1nc2c(Cl)cccc2o1. The molecule has 4 nitrogen and oxygen atoms in total. The van der Waals surface area contributed by atoms with Crippen LogP contribution in [0.2, 0.25) is 5.02 Å². The van der Waals surface area contributed by atoms with Crippen molar-refractivity contribution < 1.29 is 13.9 Å². The third-order valence-electron chi connectivity index (χ3n) is 1.73. The molecule has 0 aliphatic carbocycles. The number of carbonyl (C=O) groups excluding carboxylic acids is 1. The number of para-hydroxylation sites is 1. The maximum absolute atomic E-state index is 11.1. The molecular weight excluding hydrogens is 206 g/mol. The molecule has 0 saturated carbocycles. The molecule has 2 aromatic rings. The van der Waals surface area contributed by atoms with Crippen molar-refractivity contribution in [3.63, 3.8) is 0 Å². The average Bonchev–Trinajstić information content (AvgIpc) is 2.62. The standard InChI is InChI=1S/C9H6ClNO3/c1-13-9(12)8-11-7-5(10)3-2-4-6(7)14-8/h2-4H,1H3. The number of halogens is 1. The fourth-order valence-electron chi connectivity index (χ4n) is 1.09. The van der Waals surface area contributed by atoms with Crippen LogP contribution < -0.4 is 0 Å². The highest BCUT2D eigenvalue weighted by molar-refractivity contribution is 6.34. The summed E-state index contributed by atoms with van der Waals surface area (Å²) < 4.78 is 9.60. The van der Waals surface area contributed by atoms with Gasteiger partial charge in [0.15, 0.2) is 5.58 Å². The lowest BCUT2D eigenvalue weighted by atomic mass is 10.3. The van der Waals surface area contributed by atoms with Crippen LogP contribution in [0.25, 0.3) is 11.1 Å². The van der Waals surface area contributed by atoms with Crippen LogP contribution in [0.3, 0.4) is 0 Å². The van der Waals surface area contributed by atoms with Gasteiger partial charge in [-0.1, -0.05) is 17.7 Å². The molecule has 14 heavy (non-hydrogen) atoms. The van der Waals surface area contributed by atoms with E-state index in [1.165, 1.54) is 7.11 Å². The first kappa shape index (κ1) is 9.02. The minimum absolute atomic E-state index is 0.0874. The van der Waals surface area contributed by atoms with Crippen molar-refractivity contribution in [1.82, 2.24) is 4.98 Å². The molecule has 0 fully saturated rings. The molecule has 0 unspecified atom stereocenters. The van der Waals surface area contributed by atoms with E-state index in [1.54, 1.807) is 18.2 Å². The van der Waals surface area contributed by atoms with Crippen LogP contribution in [0.15, 0.2) is 22.6 Å². The van der Waals surface area contributed by atoms with Gasteiger partial charge >= 0.3 is 11.9 Å². The van der Waals surface area contributed by atoms with Crippen molar-refractivity contribution in [1.29, 1.82) is 0 Å². The van der Waals surface area contributed by atoms with Crippen LogP contribution in [-0.4, -0.2) is 18.1 Å². The van der Waals surface area contributed by atoms with Gasteiger partial charge in [0, 0.05) is 0 Å². The maximum Gasteiger partial charge on any atom is 0.394 e. The first-order chi connectivity index (χ1) is 6.72. The molecule has 0 saturated heterocycles. The highest BCUT2D eigenvalue weighted by Crippen LogP contribution is 2.23. The largest absolute Gasteiger partial charge is 0.462 e. The first-order valence-corrected chi connectivity index (χ1v) is 4.23. The molecule has 1 heterocycles. The van der Waals surface area contributed by atoms with E-state index in [1.807, 2.05) is 0 Å². The summed E-state index contributed by atoms with van der Waals surface area (Å²) in [5, 5.41) is 0.446. The molecule has 2 rings (SSSR count). The second kappa shape index (κ2) is 3.31. The summed E-state index contributed by atoms with van der Waals surface area (Å²) in [6.45, 7) is 0. The fraction of sp³-hybridized carbons (Fsp3) is 0.111. The van der Waals surface area contributed by atoms with E-state index >= 15 is 0 Å². The van der Waals surface area contributed by atoms with Crippen molar-refractivity contribution in [2.45, 2.75) is 0 Å². The van der Waals surface area contributed by atoms with Crippen molar-refractivity contribution in [3.8, 4) is 0 Å². The summed E-state index contributed by atoms with van der Waals surface area (Å²) in [4.78, 5) is 15.0. The highest BCUT2D eigenvalue weighted by Gasteiger charge is 2.15. The molecule has 72 valence electrons. The second-order valence-corrected chi connectivity index (χ2v) is 3.00. The number of fused-ring (bicyclic) bond motifs is 1. The molecule has 0 spiro atoms. The Labute approximate surface area is 84.4 Å². The minimum atomic E-state index is -0.614. The average molecular weight is 212 g/mol. The number of hydrogen-bond donors (Lipinski definition) is 0. The Balaban J connectivity index is 2.62. The predicted octanol–water partition coefficient (Wildman–Crippen LogP) is 2.27. The smallest absolute Gasteiger partial charge is 0.394 e. The van der Waals surface area contributed by atoms with Gasteiger partial charge in [-0.25, -0.2) is 9.78 Å². The summed E-state index contributed by atoms with van der Waals surface area (Å²) in [5.41, 5.74) is 0.937. The van der Waals surface area contributed by atoms with Gasteiger partial charge in [-0.3, -0.25) is 0 Å². The van der Waals surface area contributed by atoms with Crippen LogP contribution in [0.5, 0.6) is 0 Å². The maximum atomic E-state index is 11.1. The molecule has 0 N–H and O–H groups in total. The van der Waals surface area contributed by atoms with E-state index in [4.69, 9.17) is 16.0 Å². The number of methoxy groups -OCH3 is 1. The van der Waals surface area contributed by atoms with Gasteiger partial charge in [0.05, 0.1) is 12.1 Å². The Bertz CT molecular complexity index is 492. The van der Waals surface area contributed by atoms with Crippen molar-refractivity contribution in [2.75, 3.05) is 7.11 Å². The molecule has 0 aliphatic rings. The Morgan fingerprint density at radius 2 is 2.36 bits per heavy atom. The first-order valence-electron chi connectivity index (χ1n) is 3.85.